The van der Waals surface area contributed by atoms with E-state index in [0.29, 0.717) is 11.1 Å². The van der Waals surface area contributed by atoms with Crippen molar-refractivity contribution < 1.29 is 18.8 Å². The van der Waals surface area contributed by atoms with Gasteiger partial charge in [-0.25, -0.2) is 4.79 Å². The van der Waals surface area contributed by atoms with Crippen LogP contribution in [0.5, 0.6) is 5.75 Å². The van der Waals surface area contributed by atoms with Gasteiger partial charge in [0, 0.05) is 6.07 Å². The van der Waals surface area contributed by atoms with Crippen LogP contribution < -0.4 is 10.1 Å². The molecule has 8 heteroatoms. The molecular weight excluding hydrogens is 286 g/mol. The molecule has 1 amide bonds. The van der Waals surface area contributed by atoms with Crippen LogP contribution in [0.1, 0.15) is 20.8 Å². The molecule has 0 atom stereocenters. The number of hydrogen-bond acceptors (Lipinski definition) is 6. The summed E-state index contributed by atoms with van der Waals surface area (Å²) in [6.07, 6.45) is -0.648. The van der Waals surface area contributed by atoms with Gasteiger partial charge in [0.05, 0.1) is 7.11 Å². The minimum absolute atomic E-state index is 0.162. The molecule has 2 heterocycles. The number of nitrogens with zero attached hydrogens (tertiary/aromatic N) is 2. The lowest BCUT2D eigenvalue weighted by molar-refractivity contribution is 0.0635. The lowest BCUT2D eigenvalue weighted by Gasteiger charge is -2.19. The van der Waals surface area contributed by atoms with Crippen LogP contribution >= 0.6 is 11.6 Å². The number of methoxy groups -OCH3 is 1. The Morgan fingerprint density at radius 2 is 2.15 bits per heavy atom. The maximum absolute atomic E-state index is 11.7. The third-order valence-electron chi connectivity index (χ3n) is 2.22. The van der Waals surface area contributed by atoms with Crippen LogP contribution in [0, 0.1) is 0 Å². The highest BCUT2D eigenvalue weighted by molar-refractivity contribution is 6.30. The number of halogens is 1. The summed E-state index contributed by atoms with van der Waals surface area (Å²) in [6, 6.07) is 1.50. The molecule has 2 rings (SSSR count). The van der Waals surface area contributed by atoms with Gasteiger partial charge in [-0.1, -0.05) is 16.8 Å². The summed E-state index contributed by atoms with van der Waals surface area (Å²) in [5.74, 6) is 0.558. The van der Waals surface area contributed by atoms with Crippen LogP contribution in [0.2, 0.25) is 5.15 Å². The van der Waals surface area contributed by atoms with Gasteiger partial charge in [-0.05, 0) is 20.8 Å². The summed E-state index contributed by atoms with van der Waals surface area (Å²) in [7, 11) is 1.47. The first kappa shape index (κ1) is 14.4. The highest BCUT2D eigenvalue weighted by Gasteiger charge is 2.21. The first-order chi connectivity index (χ1) is 9.30. The van der Waals surface area contributed by atoms with Crippen LogP contribution in [0.15, 0.2) is 10.6 Å². The standard InChI is InChI=1S/C12H14ClN3O4/c1-12(2,3)19-11(17)15-9-8-6(18-4)5-7(13)14-10(8)20-16-9/h5H,1-4H3,(H,15,16,17). The number of anilines is 1. The molecule has 0 aliphatic carbocycles. The number of aromatic nitrogens is 2. The fourth-order valence-corrected chi connectivity index (χ4v) is 1.71. The molecule has 0 aliphatic heterocycles. The lowest BCUT2D eigenvalue weighted by Crippen LogP contribution is -2.27. The van der Waals surface area contributed by atoms with Crippen LogP contribution in [-0.2, 0) is 4.74 Å². The average molecular weight is 300 g/mol. The van der Waals surface area contributed by atoms with Crippen molar-refractivity contribution >= 4 is 34.6 Å². The number of carbonyl (C=O) groups is 1. The molecule has 2 aromatic heterocycles. The van der Waals surface area contributed by atoms with E-state index in [4.69, 9.17) is 25.6 Å². The summed E-state index contributed by atoms with van der Waals surface area (Å²) in [6.45, 7) is 5.28. The van der Waals surface area contributed by atoms with Crippen molar-refractivity contribution in [1.82, 2.24) is 10.1 Å². The van der Waals surface area contributed by atoms with Crippen molar-refractivity contribution in [2.45, 2.75) is 26.4 Å². The second-order valence-electron chi connectivity index (χ2n) is 4.99. The van der Waals surface area contributed by atoms with Crippen LogP contribution in [0.3, 0.4) is 0 Å². The monoisotopic (exact) mass is 299 g/mol. The normalized spacial score (nSPS) is 11.4. The van der Waals surface area contributed by atoms with E-state index in [2.05, 4.69) is 15.5 Å². The largest absolute Gasteiger partial charge is 0.496 e. The molecule has 1 N–H and O–H groups in total. The fraction of sp³-hybridized carbons (Fsp3) is 0.417. The Labute approximate surface area is 120 Å². The van der Waals surface area contributed by atoms with Gasteiger partial charge in [0.25, 0.3) is 5.71 Å². The zero-order valence-electron chi connectivity index (χ0n) is 11.5. The molecule has 7 nitrogen and oxygen atoms in total. The topological polar surface area (TPSA) is 86.5 Å². The quantitative estimate of drug-likeness (QED) is 0.857. The van der Waals surface area contributed by atoms with Gasteiger partial charge in [0.15, 0.2) is 5.82 Å². The third kappa shape index (κ3) is 3.11. The fourth-order valence-electron chi connectivity index (χ4n) is 1.54. The highest BCUT2D eigenvalue weighted by atomic mass is 35.5. The van der Waals surface area contributed by atoms with Gasteiger partial charge in [0.2, 0.25) is 0 Å². The van der Waals surface area contributed by atoms with Gasteiger partial charge in [-0.3, -0.25) is 5.32 Å². The molecule has 0 saturated heterocycles. The number of carbonyl (C=O) groups excluding carboxylic acids is 1. The Bertz CT molecular complexity index is 648. The summed E-state index contributed by atoms with van der Waals surface area (Å²) < 4.78 is 15.3. The van der Waals surface area contributed by atoms with Gasteiger partial charge in [-0.15, -0.1) is 0 Å². The van der Waals surface area contributed by atoms with E-state index in [1.807, 2.05) is 0 Å². The number of ether oxygens (including phenoxy) is 2. The smallest absolute Gasteiger partial charge is 0.413 e. The van der Waals surface area contributed by atoms with Gasteiger partial charge in [-0.2, -0.15) is 4.98 Å². The second kappa shape index (κ2) is 5.16. The van der Waals surface area contributed by atoms with Crippen molar-refractivity contribution in [3.05, 3.63) is 11.2 Å². The van der Waals surface area contributed by atoms with Gasteiger partial charge < -0.3 is 14.0 Å². The predicted molar refractivity (Wildman–Crippen MR) is 73.2 cm³/mol. The van der Waals surface area contributed by atoms with Gasteiger partial charge in [0.1, 0.15) is 21.9 Å². The Kier molecular flexibility index (Phi) is 3.71. The highest BCUT2D eigenvalue weighted by Crippen LogP contribution is 2.33. The van der Waals surface area contributed by atoms with Crippen LogP contribution in [-0.4, -0.2) is 28.9 Å². The van der Waals surface area contributed by atoms with Crippen LogP contribution in [0.25, 0.3) is 11.1 Å². The number of pyridine rings is 1. The average Bonchev–Trinajstić information content (AvgIpc) is 2.68. The summed E-state index contributed by atoms with van der Waals surface area (Å²) >= 11 is 5.81. The number of hydrogen-bond donors (Lipinski definition) is 1. The maximum Gasteiger partial charge on any atom is 0.413 e. The molecule has 0 radical (unpaired) electrons. The minimum Gasteiger partial charge on any atom is -0.496 e. The Morgan fingerprint density at radius 1 is 1.45 bits per heavy atom. The first-order valence-corrected chi connectivity index (χ1v) is 6.18. The van der Waals surface area contributed by atoms with E-state index in [-0.39, 0.29) is 16.7 Å². The Hall–Kier alpha value is -2.02. The van der Waals surface area contributed by atoms with Crippen molar-refractivity contribution in [3.8, 4) is 5.75 Å². The number of nitrogens with one attached hydrogen (secondary N) is 1. The number of rotatable bonds is 2. The maximum atomic E-state index is 11.7. The van der Waals surface area contributed by atoms with Crippen molar-refractivity contribution in [2.75, 3.05) is 12.4 Å². The molecule has 0 aromatic carbocycles. The minimum atomic E-state index is -0.648. The number of fused-ring (bicyclic) bond motifs is 1. The zero-order valence-corrected chi connectivity index (χ0v) is 12.2. The predicted octanol–water partition coefficient (Wildman–Crippen LogP) is 3.23. The molecule has 2 aromatic rings. The SMILES string of the molecule is COc1cc(Cl)nc2onc(NC(=O)OC(C)(C)C)c12. The van der Waals surface area contributed by atoms with Gasteiger partial charge >= 0.3 is 6.09 Å². The van der Waals surface area contributed by atoms with E-state index in [0.717, 1.165) is 0 Å². The van der Waals surface area contributed by atoms with E-state index < -0.39 is 11.7 Å². The summed E-state index contributed by atoms with van der Waals surface area (Å²) in [5.41, 5.74) is -0.449. The Balaban J connectivity index is 2.34. The molecular formula is C12H14ClN3O4. The third-order valence-corrected chi connectivity index (χ3v) is 2.41. The molecule has 0 unspecified atom stereocenters. The van der Waals surface area contributed by atoms with E-state index in [1.165, 1.54) is 13.2 Å². The van der Waals surface area contributed by atoms with E-state index in [1.54, 1.807) is 20.8 Å². The summed E-state index contributed by atoms with van der Waals surface area (Å²) in [4.78, 5) is 15.7. The molecule has 0 fully saturated rings. The molecule has 108 valence electrons. The molecule has 20 heavy (non-hydrogen) atoms. The lowest BCUT2D eigenvalue weighted by atomic mass is 10.2. The Morgan fingerprint density at radius 3 is 2.75 bits per heavy atom. The molecule has 0 aliphatic rings. The zero-order chi connectivity index (χ0) is 14.9. The van der Waals surface area contributed by atoms with Crippen molar-refractivity contribution in [1.29, 1.82) is 0 Å². The molecule has 0 spiro atoms. The summed E-state index contributed by atoms with van der Waals surface area (Å²) in [5, 5.41) is 6.84. The van der Waals surface area contributed by atoms with E-state index in [9.17, 15) is 4.79 Å². The van der Waals surface area contributed by atoms with E-state index >= 15 is 0 Å². The van der Waals surface area contributed by atoms with Crippen molar-refractivity contribution in [2.24, 2.45) is 0 Å². The first-order valence-electron chi connectivity index (χ1n) is 5.80. The number of amides is 1. The molecule has 0 saturated carbocycles. The molecule has 0 bridgehead atoms. The van der Waals surface area contributed by atoms with Crippen LogP contribution in [0.4, 0.5) is 10.6 Å². The second-order valence-corrected chi connectivity index (χ2v) is 5.37. The van der Waals surface area contributed by atoms with Crippen molar-refractivity contribution in [3.63, 3.8) is 0 Å².